The molecular formula is C20H24N2O4. The molecule has 1 aliphatic rings. The van der Waals surface area contributed by atoms with Crippen molar-refractivity contribution in [1.82, 2.24) is 4.90 Å². The fourth-order valence-corrected chi connectivity index (χ4v) is 2.77. The fourth-order valence-electron chi connectivity index (χ4n) is 2.77. The van der Waals surface area contributed by atoms with Gasteiger partial charge in [-0.05, 0) is 38.0 Å². The van der Waals surface area contributed by atoms with Gasteiger partial charge in [-0.1, -0.05) is 36.4 Å². The number of hydrogen-bond acceptors (Lipinski definition) is 4. The van der Waals surface area contributed by atoms with E-state index < -0.39 is 6.09 Å². The topological polar surface area (TPSA) is 78.9 Å². The number of benzene rings is 1. The molecule has 0 unspecified atom stereocenters. The average molecular weight is 356 g/mol. The molecule has 138 valence electrons. The van der Waals surface area contributed by atoms with Crippen LogP contribution >= 0.6 is 0 Å². The molecule has 1 aromatic rings. The van der Waals surface area contributed by atoms with E-state index in [0.29, 0.717) is 17.7 Å². The lowest BCUT2D eigenvalue weighted by atomic mass is 10.1. The molecule has 26 heavy (non-hydrogen) atoms. The summed E-state index contributed by atoms with van der Waals surface area (Å²) in [6.45, 7) is 7.19. The van der Waals surface area contributed by atoms with Gasteiger partial charge in [0.05, 0.1) is 23.9 Å². The third kappa shape index (κ3) is 4.61. The number of ether oxygens (including phenoxy) is 1. The molecule has 0 radical (unpaired) electrons. The Morgan fingerprint density at radius 3 is 2.88 bits per heavy atom. The molecule has 2 N–H and O–H groups in total. The molecule has 0 bridgehead atoms. The Morgan fingerprint density at radius 1 is 1.46 bits per heavy atom. The Hall–Kier alpha value is -2.86. The first kappa shape index (κ1) is 19.5. The van der Waals surface area contributed by atoms with Gasteiger partial charge in [0, 0.05) is 6.20 Å². The van der Waals surface area contributed by atoms with E-state index in [-0.39, 0.29) is 25.2 Å². The summed E-state index contributed by atoms with van der Waals surface area (Å²) >= 11 is 0. The molecular weight excluding hydrogens is 332 g/mol. The summed E-state index contributed by atoms with van der Waals surface area (Å²) in [7, 11) is 0. The third-order valence-corrected chi connectivity index (χ3v) is 3.97. The highest BCUT2D eigenvalue weighted by Gasteiger charge is 2.30. The van der Waals surface area contributed by atoms with Gasteiger partial charge in [-0.25, -0.2) is 4.79 Å². The maximum Gasteiger partial charge on any atom is 0.411 e. The zero-order valence-electron chi connectivity index (χ0n) is 15.1. The van der Waals surface area contributed by atoms with E-state index in [1.165, 1.54) is 11.0 Å². The molecule has 0 spiro atoms. The van der Waals surface area contributed by atoms with Crippen LogP contribution in [0.25, 0.3) is 0 Å². The number of nitrogens with one attached hydrogen (secondary N) is 1. The number of amides is 2. The largest absolute Gasteiger partial charge is 0.445 e. The minimum Gasteiger partial charge on any atom is -0.445 e. The van der Waals surface area contributed by atoms with Crippen LogP contribution in [-0.4, -0.2) is 41.3 Å². The number of aryl methyl sites for hydroxylation is 1. The lowest BCUT2D eigenvalue weighted by Crippen LogP contribution is -2.36. The zero-order chi connectivity index (χ0) is 19.1. The van der Waals surface area contributed by atoms with Crippen LogP contribution in [0.4, 0.5) is 10.5 Å². The summed E-state index contributed by atoms with van der Waals surface area (Å²) in [5.74, 6) is -0.286. The van der Waals surface area contributed by atoms with Gasteiger partial charge in [-0.3, -0.25) is 10.1 Å². The first-order valence-electron chi connectivity index (χ1n) is 8.42. The van der Waals surface area contributed by atoms with Gasteiger partial charge in [0.15, 0.2) is 0 Å². The van der Waals surface area contributed by atoms with E-state index in [1.54, 1.807) is 24.4 Å². The molecule has 1 aromatic carbocycles. The third-order valence-electron chi connectivity index (χ3n) is 3.97. The lowest BCUT2D eigenvalue weighted by Gasteiger charge is -2.23. The molecule has 0 saturated heterocycles. The number of aliphatic hydroxyl groups is 1. The summed E-state index contributed by atoms with van der Waals surface area (Å²) in [5, 5.41) is 12.2. The fraction of sp³-hybridized carbons (Fsp3) is 0.300. The highest BCUT2D eigenvalue weighted by Crippen LogP contribution is 2.27. The lowest BCUT2D eigenvalue weighted by molar-refractivity contribution is 0.0733. The smallest absolute Gasteiger partial charge is 0.411 e. The van der Waals surface area contributed by atoms with Gasteiger partial charge in [0.1, 0.15) is 6.61 Å². The molecule has 2 rings (SSSR count). The minimum absolute atomic E-state index is 0.0785. The molecule has 6 heteroatoms. The first-order chi connectivity index (χ1) is 12.5. The van der Waals surface area contributed by atoms with E-state index in [9.17, 15) is 14.7 Å². The molecule has 0 aromatic heterocycles. The van der Waals surface area contributed by atoms with Crippen molar-refractivity contribution in [2.75, 3.05) is 18.5 Å². The molecule has 1 heterocycles. The van der Waals surface area contributed by atoms with E-state index in [2.05, 4.69) is 11.9 Å². The number of carbonyl (C=O) groups is 2. The number of hydrogen-bond donors (Lipinski definition) is 2. The molecule has 1 atom stereocenters. The number of allylic oxidation sites excluding steroid dienone is 2. The van der Waals surface area contributed by atoms with Crippen LogP contribution < -0.4 is 5.32 Å². The summed E-state index contributed by atoms with van der Waals surface area (Å²) in [6, 6.07) is 4.85. The van der Waals surface area contributed by atoms with E-state index in [4.69, 9.17) is 4.74 Å². The standard InChI is InChI=1S/C20H24N2O4/c1-4-6-15-11-16(13-23)22(12-15)19(24)17-10-14(3)7-8-18(17)21-20(25)26-9-5-2/h4-8,10,12,16,23H,2,9,11,13H2,1,3H3,(H,21,25)/b6-4+/t16-/m0/s1. The van der Waals surface area contributed by atoms with Crippen molar-refractivity contribution in [3.63, 3.8) is 0 Å². The van der Waals surface area contributed by atoms with Crippen molar-refractivity contribution in [3.8, 4) is 0 Å². The Bertz CT molecular complexity index is 752. The van der Waals surface area contributed by atoms with Crippen LogP contribution in [0.15, 0.2) is 54.8 Å². The molecule has 0 fully saturated rings. The Morgan fingerprint density at radius 2 is 2.23 bits per heavy atom. The minimum atomic E-state index is -0.659. The first-order valence-corrected chi connectivity index (χ1v) is 8.42. The van der Waals surface area contributed by atoms with Gasteiger partial charge < -0.3 is 14.7 Å². The monoisotopic (exact) mass is 356 g/mol. The number of carbonyl (C=O) groups excluding carboxylic acids is 2. The van der Waals surface area contributed by atoms with Gasteiger partial charge in [0.25, 0.3) is 5.91 Å². The van der Waals surface area contributed by atoms with E-state index >= 15 is 0 Å². The number of anilines is 1. The second-order valence-electron chi connectivity index (χ2n) is 6.02. The zero-order valence-corrected chi connectivity index (χ0v) is 15.1. The predicted molar refractivity (Wildman–Crippen MR) is 101 cm³/mol. The number of rotatable bonds is 6. The normalized spacial score (nSPS) is 16.5. The molecule has 0 aliphatic carbocycles. The molecule has 2 amide bonds. The van der Waals surface area contributed by atoms with E-state index in [0.717, 1.165) is 11.1 Å². The van der Waals surface area contributed by atoms with Gasteiger partial charge in [-0.15, -0.1) is 0 Å². The van der Waals surface area contributed by atoms with Crippen LogP contribution in [-0.2, 0) is 4.74 Å². The number of nitrogens with zero attached hydrogens (tertiary/aromatic N) is 1. The second-order valence-corrected chi connectivity index (χ2v) is 6.02. The van der Waals surface area contributed by atoms with Gasteiger partial charge in [0.2, 0.25) is 0 Å². The van der Waals surface area contributed by atoms with Gasteiger partial charge in [-0.2, -0.15) is 0 Å². The maximum atomic E-state index is 13.1. The summed E-state index contributed by atoms with van der Waals surface area (Å²) in [6.07, 6.45) is 6.94. The Kier molecular flexibility index (Phi) is 6.74. The van der Waals surface area contributed by atoms with Crippen LogP contribution in [0.3, 0.4) is 0 Å². The van der Waals surface area contributed by atoms with Crippen molar-refractivity contribution in [3.05, 3.63) is 65.9 Å². The second kappa shape index (κ2) is 9.01. The maximum absolute atomic E-state index is 13.1. The van der Waals surface area contributed by atoms with Crippen LogP contribution in [0, 0.1) is 6.92 Å². The van der Waals surface area contributed by atoms with Crippen LogP contribution in [0.5, 0.6) is 0 Å². The average Bonchev–Trinajstić information content (AvgIpc) is 3.04. The van der Waals surface area contributed by atoms with Crippen LogP contribution in [0.2, 0.25) is 0 Å². The molecule has 6 nitrogen and oxygen atoms in total. The van der Waals surface area contributed by atoms with Crippen molar-refractivity contribution < 1.29 is 19.4 Å². The van der Waals surface area contributed by atoms with E-state index in [1.807, 2.05) is 26.0 Å². The highest BCUT2D eigenvalue weighted by molar-refractivity contribution is 6.03. The Labute approximate surface area is 153 Å². The van der Waals surface area contributed by atoms with Crippen molar-refractivity contribution in [2.45, 2.75) is 26.3 Å². The molecule has 1 aliphatic heterocycles. The Balaban J connectivity index is 2.31. The van der Waals surface area contributed by atoms with Crippen molar-refractivity contribution in [2.24, 2.45) is 0 Å². The highest BCUT2D eigenvalue weighted by atomic mass is 16.5. The van der Waals surface area contributed by atoms with Crippen molar-refractivity contribution >= 4 is 17.7 Å². The summed E-state index contributed by atoms with van der Waals surface area (Å²) in [4.78, 5) is 26.4. The quantitative estimate of drug-likeness (QED) is 0.766. The van der Waals surface area contributed by atoms with Crippen molar-refractivity contribution in [1.29, 1.82) is 0 Å². The summed E-state index contributed by atoms with van der Waals surface area (Å²) in [5.41, 5.74) is 2.56. The summed E-state index contributed by atoms with van der Waals surface area (Å²) < 4.78 is 4.92. The molecule has 0 saturated carbocycles. The van der Waals surface area contributed by atoms with Gasteiger partial charge >= 0.3 is 6.09 Å². The SMILES string of the molecule is C=CCOC(=O)Nc1ccc(C)cc1C(=O)N1C=C(/C=C/C)C[C@H]1CO. The van der Waals surface area contributed by atoms with Crippen LogP contribution in [0.1, 0.15) is 29.3 Å². The number of aliphatic hydroxyl groups excluding tert-OH is 1. The predicted octanol–water partition coefficient (Wildman–Crippen LogP) is 3.40.